The van der Waals surface area contributed by atoms with Crippen LogP contribution in [0.5, 0.6) is 5.75 Å². The Bertz CT molecular complexity index is 495. The Kier molecular flexibility index (Phi) is 6.96. The fourth-order valence-electron chi connectivity index (χ4n) is 1.97. The van der Waals surface area contributed by atoms with Crippen LogP contribution in [-0.4, -0.2) is 30.8 Å². The number of para-hydroxylation sites is 1. The van der Waals surface area contributed by atoms with Crippen LogP contribution in [-0.2, 0) is 4.79 Å². The zero-order valence-electron chi connectivity index (χ0n) is 13.2. The lowest BCUT2D eigenvalue weighted by Crippen LogP contribution is -2.27. The summed E-state index contributed by atoms with van der Waals surface area (Å²) >= 11 is 0. The average molecular weight is 291 g/mol. The molecule has 1 amide bonds. The van der Waals surface area contributed by atoms with Crippen molar-refractivity contribution in [3.8, 4) is 5.75 Å². The van der Waals surface area contributed by atoms with Crippen molar-refractivity contribution in [1.29, 1.82) is 0 Å². The predicted molar refractivity (Wildman–Crippen MR) is 85.1 cm³/mol. The van der Waals surface area contributed by atoms with Crippen LogP contribution in [0.3, 0.4) is 0 Å². The minimum atomic E-state index is -0.385. The van der Waals surface area contributed by atoms with Crippen LogP contribution in [0, 0.1) is 5.92 Å². The zero-order chi connectivity index (χ0) is 15.8. The molecule has 0 radical (unpaired) electrons. The highest BCUT2D eigenvalue weighted by Crippen LogP contribution is 2.24. The predicted octanol–water partition coefficient (Wildman–Crippen LogP) is 2.62. The monoisotopic (exact) mass is 291 g/mol. The molecular weight excluding hydrogens is 266 g/mol. The van der Waals surface area contributed by atoms with Crippen LogP contribution in [0.2, 0.25) is 0 Å². The number of aliphatic hydroxyl groups is 1. The fraction of sp³-hybridized carbons (Fsp3) is 0.471. The molecule has 1 aromatic carbocycles. The van der Waals surface area contributed by atoms with Gasteiger partial charge in [-0.25, -0.2) is 0 Å². The van der Waals surface area contributed by atoms with Crippen LogP contribution in [0.4, 0.5) is 0 Å². The second kappa shape index (κ2) is 8.47. The van der Waals surface area contributed by atoms with Gasteiger partial charge in [-0.2, -0.15) is 0 Å². The zero-order valence-corrected chi connectivity index (χ0v) is 13.2. The molecule has 4 heteroatoms. The van der Waals surface area contributed by atoms with Gasteiger partial charge in [0.1, 0.15) is 5.75 Å². The lowest BCUT2D eigenvalue weighted by Gasteiger charge is -2.14. The normalized spacial score (nSPS) is 13.1. The fourth-order valence-corrected chi connectivity index (χ4v) is 1.97. The van der Waals surface area contributed by atoms with E-state index in [0.29, 0.717) is 13.0 Å². The minimum Gasteiger partial charge on any atom is -0.496 e. The summed E-state index contributed by atoms with van der Waals surface area (Å²) < 4.78 is 5.28. The standard InChI is InChI=1S/C17H25NO3/c1-12(2)15(19)9-10-18-17(20)11-13(3)14-7-5-6-8-16(14)21-4/h5-8,11-12,15,19H,9-10H2,1-4H3,(H,18,20). The van der Waals surface area contributed by atoms with Gasteiger partial charge in [0.25, 0.3) is 0 Å². The SMILES string of the molecule is COc1ccccc1C(C)=CC(=O)NCCC(O)C(C)C. The second-order valence-corrected chi connectivity index (χ2v) is 5.42. The molecule has 1 aromatic rings. The number of hydrogen-bond donors (Lipinski definition) is 2. The molecule has 0 aromatic heterocycles. The maximum absolute atomic E-state index is 11.9. The number of carbonyl (C=O) groups is 1. The number of hydrogen-bond acceptors (Lipinski definition) is 3. The Hall–Kier alpha value is -1.81. The van der Waals surface area contributed by atoms with Crippen molar-refractivity contribution >= 4 is 11.5 Å². The summed E-state index contributed by atoms with van der Waals surface area (Å²) in [5.74, 6) is 0.788. The van der Waals surface area contributed by atoms with Crippen molar-refractivity contribution < 1.29 is 14.6 Å². The highest BCUT2D eigenvalue weighted by Gasteiger charge is 2.09. The summed E-state index contributed by atoms with van der Waals surface area (Å²) in [7, 11) is 1.61. The molecule has 1 atom stereocenters. The van der Waals surface area contributed by atoms with Gasteiger partial charge in [-0.3, -0.25) is 4.79 Å². The number of ether oxygens (including phenoxy) is 1. The number of allylic oxidation sites excluding steroid dienone is 1. The molecule has 2 N–H and O–H groups in total. The lowest BCUT2D eigenvalue weighted by atomic mass is 10.0. The Labute approximate surface area is 126 Å². The molecule has 0 saturated carbocycles. The number of aliphatic hydroxyl groups excluding tert-OH is 1. The number of rotatable bonds is 7. The molecule has 1 unspecified atom stereocenters. The molecule has 4 nitrogen and oxygen atoms in total. The van der Waals surface area contributed by atoms with Crippen LogP contribution in [0.15, 0.2) is 30.3 Å². The molecule has 1 rings (SSSR count). The summed E-state index contributed by atoms with van der Waals surface area (Å²) in [6.07, 6.45) is 1.73. The van der Waals surface area contributed by atoms with Crippen molar-refractivity contribution in [3.05, 3.63) is 35.9 Å². The Balaban J connectivity index is 2.59. The largest absolute Gasteiger partial charge is 0.496 e. The van der Waals surface area contributed by atoms with Gasteiger partial charge in [-0.1, -0.05) is 32.0 Å². The number of benzene rings is 1. The molecule has 0 aliphatic heterocycles. The van der Waals surface area contributed by atoms with E-state index in [0.717, 1.165) is 16.9 Å². The molecule has 21 heavy (non-hydrogen) atoms. The number of methoxy groups -OCH3 is 1. The summed E-state index contributed by atoms with van der Waals surface area (Å²) in [5.41, 5.74) is 1.74. The summed E-state index contributed by atoms with van der Waals surface area (Å²) in [4.78, 5) is 11.9. The van der Waals surface area contributed by atoms with Crippen LogP contribution >= 0.6 is 0 Å². The Morgan fingerprint density at radius 1 is 1.38 bits per heavy atom. The van der Waals surface area contributed by atoms with Crippen LogP contribution < -0.4 is 10.1 Å². The van der Waals surface area contributed by atoms with E-state index in [2.05, 4.69) is 5.32 Å². The van der Waals surface area contributed by atoms with E-state index < -0.39 is 0 Å². The summed E-state index contributed by atoms with van der Waals surface area (Å²) in [5, 5.41) is 12.5. The molecule has 0 aliphatic rings. The first kappa shape index (κ1) is 17.2. The maximum Gasteiger partial charge on any atom is 0.244 e. The highest BCUT2D eigenvalue weighted by atomic mass is 16.5. The third kappa shape index (κ3) is 5.60. The van der Waals surface area contributed by atoms with E-state index >= 15 is 0 Å². The van der Waals surface area contributed by atoms with Gasteiger partial charge in [-0.15, -0.1) is 0 Å². The van der Waals surface area contributed by atoms with Crippen LogP contribution in [0.25, 0.3) is 5.57 Å². The van der Waals surface area contributed by atoms with Crippen molar-refractivity contribution in [2.75, 3.05) is 13.7 Å². The second-order valence-electron chi connectivity index (χ2n) is 5.42. The average Bonchev–Trinajstić information content (AvgIpc) is 2.46. The topological polar surface area (TPSA) is 58.6 Å². The van der Waals surface area contributed by atoms with Gasteiger partial charge in [0.15, 0.2) is 0 Å². The first-order valence-electron chi connectivity index (χ1n) is 7.23. The highest BCUT2D eigenvalue weighted by molar-refractivity contribution is 5.95. The van der Waals surface area contributed by atoms with E-state index in [1.165, 1.54) is 0 Å². The van der Waals surface area contributed by atoms with Gasteiger partial charge in [0, 0.05) is 18.2 Å². The quantitative estimate of drug-likeness (QED) is 0.759. The Morgan fingerprint density at radius 3 is 2.67 bits per heavy atom. The van der Waals surface area contributed by atoms with Gasteiger partial charge < -0.3 is 15.2 Å². The smallest absolute Gasteiger partial charge is 0.244 e. The van der Waals surface area contributed by atoms with Gasteiger partial charge in [0.2, 0.25) is 5.91 Å². The maximum atomic E-state index is 11.9. The number of amides is 1. The van der Waals surface area contributed by atoms with Gasteiger partial charge in [-0.05, 0) is 30.9 Å². The molecule has 0 aliphatic carbocycles. The van der Waals surface area contributed by atoms with E-state index in [1.54, 1.807) is 13.2 Å². The number of carbonyl (C=O) groups excluding carboxylic acids is 1. The molecule has 0 saturated heterocycles. The first-order valence-corrected chi connectivity index (χ1v) is 7.23. The summed E-state index contributed by atoms with van der Waals surface area (Å²) in [6, 6.07) is 7.58. The molecule has 0 fully saturated rings. The van der Waals surface area contributed by atoms with Crippen LogP contribution in [0.1, 0.15) is 32.8 Å². The van der Waals surface area contributed by atoms with E-state index in [1.807, 2.05) is 45.0 Å². The molecular formula is C17H25NO3. The molecule has 116 valence electrons. The lowest BCUT2D eigenvalue weighted by molar-refractivity contribution is -0.116. The number of nitrogens with one attached hydrogen (secondary N) is 1. The van der Waals surface area contributed by atoms with E-state index in [4.69, 9.17) is 4.74 Å². The van der Waals surface area contributed by atoms with Crippen molar-refractivity contribution in [2.45, 2.75) is 33.3 Å². The third-order valence-corrected chi connectivity index (χ3v) is 3.39. The summed E-state index contributed by atoms with van der Waals surface area (Å²) in [6.45, 7) is 6.25. The van der Waals surface area contributed by atoms with E-state index in [9.17, 15) is 9.90 Å². The third-order valence-electron chi connectivity index (χ3n) is 3.39. The van der Waals surface area contributed by atoms with E-state index in [-0.39, 0.29) is 17.9 Å². The molecule has 0 bridgehead atoms. The molecule has 0 spiro atoms. The van der Waals surface area contributed by atoms with Gasteiger partial charge >= 0.3 is 0 Å². The molecule has 0 heterocycles. The van der Waals surface area contributed by atoms with Crippen molar-refractivity contribution in [1.82, 2.24) is 5.32 Å². The van der Waals surface area contributed by atoms with Crippen molar-refractivity contribution in [2.24, 2.45) is 5.92 Å². The minimum absolute atomic E-state index is 0.158. The van der Waals surface area contributed by atoms with Crippen molar-refractivity contribution in [3.63, 3.8) is 0 Å². The first-order chi connectivity index (χ1) is 9.95. The Morgan fingerprint density at radius 2 is 2.05 bits per heavy atom. The van der Waals surface area contributed by atoms with Gasteiger partial charge in [0.05, 0.1) is 13.2 Å².